The third-order valence-corrected chi connectivity index (χ3v) is 4.40. The summed E-state index contributed by atoms with van der Waals surface area (Å²) in [5.41, 5.74) is 2.74. The molecule has 1 unspecified atom stereocenters. The fraction of sp³-hybridized carbons (Fsp3) is 0.667. The van der Waals surface area contributed by atoms with Gasteiger partial charge in [-0.1, -0.05) is 19.1 Å². The van der Waals surface area contributed by atoms with Crippen molar-refractivity contribution < 1.29 is 0 Å². The van der Waals surface area contributed by atoms with E-state index in [1.165, 1.54) is 43.7 Å². The van der Waals surface area contributed by atoms with Gasteiger partial charge in [-0.25, -0.2) is 0 Å². The Hall–Kier alpha value is -1.06. The molecule has 2 rings (SSSR count). The molecule has 1 saturated heterocycles. The van der Waals surface area contributed by atoms with E-state index in [1.807, 2.05) is 0 Å². The summed E-state index contributed by atoms with van der Waals surface area (Å²) in [6, 6.07) is 9.53. The third-order valence-electron chi connectivity index (χ3n) is 4.40. The van der Waals surface area contributed by atoms with Crippen LogP contribution in [0.3, 0.4) is 0 Å². The van der Waals surface area contributed by atoms with Crippen LogP contribution in [0, 0.1) is 6.92 Å². The Morgan fingerprint density at radius 3 is 2.62 bits per heavy atom. The van der Waals surface area contributed by atoms with Gasteiger partial charge in [0, 0.05) is 37.9 Å². The maximum Gasteiger partial charge on any atom is 0.0369 e. The molecule has 0 aromatic heterocycles. The summed E-state index contributed by atoms with van der Waals surface area (Å²) >= 11 is 0. The SMILES string of the molecule is CCNC(C)CCCN1CCN(c2cccc(C)c2)CC1. The fourth-order valence-electron chi connectivity index (χ4n) is 3.13. The molecular weight excluding hydrogens is 258 g/mol. The van der Waals surface area contributed by atoms with Crippen LogP contribution >= 0.6 is 0 Å². The zero-order valence-electron chi connectivity index (χ0n) is 13.9. The molecule has 1 aromatic carbocycles. The zero-order valence-corrected chi connectivity index (χ0v) is 13.9. The van der Waals surface area contributed by atoms with Crippen LogP contribution < -0.4 is 10.2 Å². The molecule has 1 heterocycles. The average molecular weight is 289 g/mol. The van der Waals surface area contributed by atoms with E-state index in [-0.39, 0.29) is 0 Å². The van der Waals surface area contributed by atoms with Gasteiger partial charge in [-0.15, -0.1) is 0 Å². The molecule has 118 valence electrons. The molecule has 1 aliphatic rings. The van der Waals surface area contributed by atoms with Crippen LogP contribution in [0.25, 0.3) is 0 Å². The lowest BCUT2D eigenvalue weighted by atomic mass is 10.1. The van der Waals surface area contributed by atoms with Crippen LogP contribution in [-0.4, -0.2) is 50.2 Å². The number of nitrogens with zero attached hydrogens (tertiary/aromatic N) is 2. The molecular formula is C18H31N3. The van der Waals surface area contributed by atoms with E-state index in [9.17, 15) is 0 Å². The number of benzene rings is 1. The first-order valence-electron chi connectivity index (χ1n) is 8.46. The summed E-state index contributed by atoms with van der Waals surface area (Å²) in [5.74, 6) is 0. The van der Waals surface area contributed by atoms with E-state index < -0.39 is 0 Å². The van der Waals surface area contributed by atoms with Gasteiger partial charge >= 0.3 is 0 Å². The van der Waals surface area contributed by atoms with Crippen molar-refractivity contribution in [1.29, 1.82) is 0 Å². The van der Waals surface area contributed by atoms with Gasteiger partial charge in [0.15, 0.2) is 0 Å². The van der Waals surface area contributed by atoms with Crippen molar-refractivity contribution in [1.82, 2.24) is 10.2 Å². The number of hydrogen-bond acceptors (Lipinski definition) is 3. The van der Waals surface area contributed by atoms with Gasteiger partial charge in [0.1, 0.15) is 0 Å². The Balaban J connectivity index is 1.69. The van der Waals surface area contributed by atoms with Crippen molar-refractivity contribution in [2.24, 2.45) is 0 Å². The van der Waals surface area contributed by atoms with E-state index in [2.05, 4.69) is 60.2 Å². The highest BCUT2D eigenvalue weighted by molar-refractivity contribution is 5.48. The van der Waals surface area contributed by atoms with Crippen LogP contribution in [0.4, 0.5) is 5.69 Å². The molecule has 1 aromatic rings. The topological polar surface area (TPSA) is 18.5 Å². The number of rotatable bonds is 7. The van der Waals surface area contributed by atoms with E-state index >= 15 is 0 Å². The lowest BCUT2D eigenvalue weighted by Crippen LogP contribution is -2.46. The smallest absolute Gasteiger partial charge is 0.0369 e. The molecule has 0 amide bonds. The second kappa shape index (κ2) is 8.40. The monoisotopic (exact) mass is 289 g/mol. The van der Waals surface area contributed by atoms with Crippen molar-refractivity contribution >= 4 is 5.69 Å². The normalized spacial score (nSPS) is 18.0. The first-order valence-corrected chi connectivity index (χ1v) is 8.46. The molecule has 0 spiro atoms. The molecule has 3 nitrogen and oxygen atoms in total. The highest BCUT2D eigenvalue weighted by atomic mass is 15.3. The van der Waals surface area contributed by atoms with Crippen LogP contribution in [0.5, 0.6) is 0 Å². The first-order chi connectivity index (χ1) is 10.2. The van der Waals surface area contributed by atoms with Crippen molar-refractivity contribution in [2.45, 2.75) is 39.7 Å². The van der Waals surface area contributed by atoms with Crippen LogP contribution in [0.2, 0.25) is 0 Å². The van der Waals surface area contributed by atoms with Crippen LogP contribution in [0.15, 0.2) is 24.3 Å². The van der Waals surface area contributed by atoms with Gasteiger partial charge in [0.2, 0.25) is 0 Å². The van der Waals surface area contributed by atoms with E-state index in [1.54, 1.807) is 0 Å². The van der Waals surface area contributed by atoms with Crippen molar-refractivity contribution in [3.63, 3.8) is 0 Å². The quantitative estimate of drug-likeness (QED) is 0.832. The Labute approximate surface area is 130 Å². The van der Waals surface area contributed by atoms with Gasteiger partial charge in [-0.2, -0.15) is 0 Å². The lowest BCUT2D eigenvalue weighted by molar-refractivity contribution is 0.249. The van der Waals surface area contributed by atoms with Gasteiger partial charge in [-0.3, -0.25) is 4.90 Å². The number of hydrogen-bond donors (Lipinski definition) is 1. The molecule has 1 fully saturated rings. The van der Waals surface area contributed by atoms with Crippen molar-refractivity contribution in [3.8, 4) is 0 Å². The molecule has 0 aliphatic carbocycles. The minimum absolute atomic E-state index is 0.656. The highest BCUT2D eigenvalue weighted by Crippen LogP contribution is 2.17. The minimum atomic E-state index is 0.656. The summed E-state index contributed by atoms with van der Waals surface area (Å²) in [4.78, 5) is 5.13. The summed E-state index contributed by atoms with van der Waals surface area (Å²) in [6.07, 6.45) is 2.59. The van der Waals surface area contributed by atoms with Gasteiger partial charge in [0.05, 0.1) is 0 Å². The standard InChI is InChI=1S/C18H31N3/c1-4-19-17(3)8-6-10-20-11-13-21(14-12-20)18-9-5-7-16(2)15-18/h5,7,9,15,17,19H,4,6,8,10-14H2,1-3H3. The maximum atomic E-state index is 3.49. The van der Waals surface area contributed by atoms with Crippen LogP contribution in [-0.2, 0) is 0 Å². The molecule has 0 radical (unpaired) electrons. The molecule has 21 heavy (non-hydrogen) atoms. The Kier molecular flexibility index (Phi) is 6.52. The molecule has 3 heteroatoms. The van der Waals surface area contributed by atoms with Gasteiger partial charge in [-0.05, 0) is 57.5 Å². The molecule has 1 aliphatic heterocycles. The van der Waals surface area contributed by atoms with E-state index in [4.69, 9.17) is 0 Å². The Morgan fingerprint density at radius 2 is 1.95 bits per heavy atom. The molecule has 0 bridgehead atoms. The molecule has 1 atom stereocenters. The highest BCUT2D eigenvalue weighted by Gasteiger charge is 2.16. The Bertz CT molecular complexity index is 411. The largest absolute Gasteiger partial charge is 0.369 e. The van der Waals surface area contributed by atoms with Gasteiger partial charge < -0.3 is 10.2 Å². The molecule has 0 saturated carbocycles. The second-order valence-corrected chi connectivity index (χ2v) is 6.27. The predicted molar refractivity (Wildman–Crippen MR) is 92.2 cm³/mol. The second-order valence-electron chi connectivity index (χ2n) is 6.27. The summed E-state index contributed by atoms with van der Waals surface area (Å²) in [5, 5.41) is 3.49. The average Bonchev–Trinajstić information content (AvgIpc) is 2.48. The molecule has 1 N–H and O–H groups in total. The van der Waals surface area contributed by atoms with E-state index in [0.717, 1.165) is 19.6 Å². The Morgan fingerprint density at radius 1 is 1.19 bits per heavy atom. The summed E-state index contributed by atoms with van der Waals surface area (Å²) < 4.78 is 0. The zero-order chi connectivity index (χ0) is 15.1. The van der Waals surface area contributed by atoms with E-state index in [0.29, 0.717) is 6.04 Å². The number of nitrogens with one attached hydrogen (secondary N) is 1. The summed E-state index contributed by atoms with van der Waals surface area (Å²) in [6.45, 7) is 13.7. The lowest BCUT2D eigenvalue weighted by Gasteiger charge is -2.36. The minimum Gasteiger partial charge on any atom is -0.369 e. The fourth-order valence-corrected chi connectivity index (χ4v) is 3.13. The first kappa shape index (κ1) is 16.3. The van der Waals surface area contributed by atoms with Crippen molar-refractivity contribution in [2.75, 3.05) is 44.2 Å². The van der Waals surface area contributed by atoms with Gasteiger partial charge in [0.25, 0.3) is 0 Å². The predicted octanol–water partition coefficient (Wildman–Crippen LogP) is 2.90. The summed E-state index contributed by atoms with van der Waals surface area (Å²) in [7, 11) is 0. The van der Waals surface area contributed by atoms with Crippen LogP contribution in [0.1, 0.15) is 32.3 Å². The number of anilines is 1. The third kappa shape index (κ3) is 5.33. The van der Waals surface area contributed by atoms with Crippen molar-refractivity contribution in [3.05, 3.63) is 29.8 Å². The number of aryl methyl sites for hydroxylation is 1. The maximum absolute atomic E-state index is 3.49. The number of piperazine rings is 1.